The molecule has 4 rings (SSSR count). The van der Waals surface area contributed by atoms with Gasteiger partial charge in [-0.3, -0.25) is 19.8 Å². The Morgan fingerprint density at radius 3 is 2.48 bits per heavy atom. The van der Waals surface area contributed by atoms with Crippen LogP contribution in [0.3, 0.4) is 0 Å². The van der Waals surface area contributed by atoms with Crippen LogP contribution in [0.4, 0.5) is 5.69 Å². The lowest BCUT2D eigenvalue weighted by Crippen LogP contribution is -2.54. The first-order valence-electron chi connectivity index (χ1n) is 9.32. The highest BCUT2D eigenvalue weighted by Gasteiger charge is 2.35. The van der Waals surface area contributed by atoms with Crippen molar-refractivity contribution in [2.45, 2.75) is 20.8 Å². The Bertz CT molecular complexity index is 1240. The Kier molecular flexibility index (Phi) is 4.59. The fourth-order valence-electron chi connectivity index (χ4n) is 3.81. The van der Waals surface area contributed by atoms with Crippen molar-refractivity contribution in [3.8, 4) is 0 Å². The van der Waals surface area contributed by atoms with Gasteiger partial charge in [-0.25, -0.2) is 0 Å². The van der Waals surface area contributed by atoms with Crippen LogP contribution in [-0.2, 0) is 16.6 Å². The summed E-state index contributed by atoms with van der Waals surface area (Å²) in [7, 11) is 1.97. The minimum absolute atomic E-state index is 0.0676. The van der Waals surface area contributed by atoms with E-state index in [9.17, 15) is 9.59 Å². The maximum absolute atomic E-state index is 13.3. The third kappa shape index (κ3) is 3.06. The molecule has 1 aromatic heterocycles. The van der Waals surface area contributed by atoms with Gasteiger partial charge in [0.1, 0.15) is 5.57 Å². The Labute approximate surface area is 174 Å². The number of carbonyl (C=O) groups excluding carboxylic acids is 2. The summed E-state index contributed by atoms with van der Waals surface area (Å²) >= 11 is 5.32. The highest BCUT2D eigenvalue weighted by Crippen LogP contribution is 2.30. The highest BCUT2D eigenvalue weighted by molar-refractivity contribution is 7.80. The number of nitrogens with one attached hydrogen (secondary N) is 1. The number of aryl methyl sites for hydroxylation is 3. The summed E-state index contributed by atoms with van der Waals surface area (Å²) in [6.07, 6.45) is 1.67. The quantitative estimate of drug-likeness (QED) is 0.401. The normalized spacial score (nSPS) is 16.1. The van der Waals surface area contributed by atoms with Crippen LogP contribution in [-0.4, -0.2) is 21.5 Å². The molecule has 0 saturated carbocycles. The summed E-state index contributed by atoms with van der Waals surface area (Å²) in [6.45, 7) is 5.89. The zero-order valence-electron chi connectivity index (χ0n) is 16.7. The smallest absolute Gasteiger partial charge is 0.270 e. The minimum atomic E-state index is -0.478. The van der Waals surface area contributed by atoms with Crippen LogP contribution >= 0.6 is 12.2 Å². The van der Waals surface area contributed by atoms with Crippen molar-refractivity contribution < 1.29 is 9.59 Å². The molecule has 1 N–H and O–H groups in total. The van der Waals surface area contributed by atoms with Gasteiger partial charge in [0, 0.05) is 29.2 Å². The van der Waals surface area contributed by atoms with Crippen molar-refractivity contribution in [2.24, 2.45) is 7.05 Å². The standard InChI is InChI=1S/C23H21N3O2S/c1-13-9-10-19(14(2)11-13)26-22(28)18(21(27)24-23(26)29)12-17-15(3)25(4)20-8-6-5-7-16(17)20/h5-12H,1-4H3,(H,24,27,29). The van der Waals surface area contributed by atoms with Crippen molar-refractivity contribution in [1.82, 2.24) is 9.88 Å². The molecule has 0 unspecified atom stereocenters. The van der Waals surface area contributed by atoms with Gasteiger partial charge in [-0.2, -0.15) is 0 Å². The van der Waals surface area contributed by atoms with Crippen molar-refractivity contribution >= 4 is 51.8 Å². The molecule has 0 radical (unpaired) electrons. The van der Waals surface area contributed by atoms with E-state index < -0.39 is 11.8 Å². The maximum Gasteiger partial charge on any atom is 0.270 e. The molecule has 3 aromatic rings. The molecule has 1 fully saturated rings. The molecule has 0 aliphatic carbocycles. The second-order valence-corrected chi connectivity index (χ2v) is 7.71. The molecule has 2 amide bonds. The van der Waals surface area contributed by atoms with Crippen LogP contribution in [0.5, 0.6) is 0 Å². The van der Waals surface area contributed by atoms with E-state index in [-0.39, 0.29) is 10.7 Å². The number of amides is 2. The monoisotopic (exact) mass is 403 g/mol. The molecule has 2 aromatic carbocycles. The fourth-order valence-corrected chi connectivity index (χ4v) is 4.08. The molecule has 2 heterocycles. The molecule has 0 bridgehead atoms. The Hall–Kier alpha value is -3.25. The molecule has 0 spiro atoms. The molecule has 6 heteroatoms. The third-order valence-electron chi connectivity index (χ3n) is 5.43. The van der Waals surface area contributed by atoms with Crippen LogP contribution < -0.4 is 10.2 Å². The summed E-state index contributed by atoms with van der Waals surface area (Å²) in [6, 6.07) is 13.7. The maximum atomic E-state index is 13.3. The average Bonchev–Trinajstić information content (AvgIpc) is 2.91. The first kappa shape index (κ1) is 19.1. The van der Waals surface area contributed by atoms with Gasteiger partial charge in [0.05, 0.1) is 5.69 Å². The van der Waals surface area contributed by atoms with E-state index in [1.54, 1.807) is 6.08 Å². The number of rotatable bonds is 2. The second-order valence-electron chi connectivity index (χ2n) is 7.32. The Morgan fingerprint density at radius 1 is 1.03 bits per heavy atom. The van der Waals surface area contributed by atoms with Gasteiger partial charge in [-0.1, -0.05) is 35.9 Å². The molecule has 5 nitrogen and oxygen atoms in total. The predicted octanol–water partition coefficient (Wildman–Crippen LogP) is 3.93. The van der Waals surface area contributed by atoms with Crippen molar-refractivity contribution in [2.75, 3.05) is 4.90 Å². The van der Waals surface area contributed by atoms with E-state index in [2.05, 4.69) is 9.88 Å². The lowest BCUT2D eigenvalue weighted by molar-refractivity contribution is -0.122. The molecule has 29 heavy (non-hydrogen) atoms. The number of anilines is 1. The number of hydrogen-bond acceptors (Lipinski definition) is 3. The number of aromatic nitrogens is 1. The van der Waals surface area contributed by atoms with Gasteiger partial charge in [-0.15, -0.1) is 0 Å². The third-order valence-corrected chi connectivity index (χ3v) is 5.72. The van der Waals surface area contributed by atoms with E-state index in [1.165, 1.54) is 4.90 Å². The van der Waals surface area contributed by atoms with Crippen LogP contribution in [0.2, 0.25) is 0 Å². The van der Waals surface area contributed by atoms with Gasteiger partial charge in [-0.05, 0) is 56.8 Å². The van der Waals surface area contributed by atoms with Crippen LogP contribution in [0.1, 0.15) is 22.4 Å². The van der Waals surface area contributed by atoms with Gasteiger partial charge in [0.25, 0.3) is 11.8 Å². The Morgan fingerprint density at radius 2 is 1.76 bits per heavy atom. The fraction of sp³-hybridized carbons (Fsp3) is 0.174. The van der Waals surface area contributed by atoms with Crippen molar-refractivity contribution in [1.29, 1.82) is 0 Å². The van der Waals surface area contributed by atoms with E-state index in [4.69, 9.17) is 12.2 Å². The van der Waals surface area contributed by atoms with E-state index in [0.29, 0.717) is 5.69 Å². The number of para-hydroxylation sites is 1. The van der Waals surface area contributed by atoms with Gasteiger partial charge in [0.2, 0.25) is 0 Å². The molecule has 146 valence electrons. The predicted molar refractivity (Wildman–Crippen MR) is 120 cm³/mol. The summed E-state index contributed by atoms with van der Waals surface area (Å²) in [5.74, 6) is -0.897. The summed E-state index contributed by atoms with van der Waals surface area (Å²) < 4.78 is 2.06. The van der Waals surface area contributed by atoms with Crippen molar-refractivity contribution in [3.63, 3.8) is 0 Å². The second kappa shape index (κ2) is 6.97. The zero-order chi connectivity index (χ0) is 20.9. The van der Waals surface area contributed by atoms with Gasteiger partial charge >= 0.3 is 0 Å². The number of carbonyl (C=O) groups is 2. The Balaban J connectivity index is 1.86. The molecule has 1 saturated heterocycles. The number of hydrogen-bond donors (Lipinski definition) is 1. The first-order valence-corrected chi connectivity index (χ1v) is 9.73. The van der Waals surface area contributed by atoms with Gasteiger partial charge < -0.3 is 4.57 Å². The van der Waals surface area contributed by atoms with Crippen molar-refractivity contribution in [3.05, 3.63) is 70.4 Å². The molecule has 1 aliphatic heterocycles. The zero-order valence-corrected chi connectivity index (χ0v) is 17.6. The average molecular weight is 404 g/mol. The molecule has 1 aliphatic rings. The highest BCUT2D eigenvalue weighted by atomic mass is 32.1. The first-order chi connectivity index (χ1) is 13.8. The molecular formula is C23H21N3O2S. The summed E-state index contributed by atoms with van der Waals surface area (Å²) in [5, 5.41) is 3.76. The van der Waals surface area contributed by atoms with E-state index >= 15 is 0 Å². The summed E-state index contributed by atoms with van der Waals surface area (Å²) in [5.41, 5.74) is 5.62. The topological polar surface area (TPSA) is 54.3 Å². The molecule has 0 atom stereocenters. The van der Waals surface area contributed by atoms with Crippen LogP contribution in [0.25, 0.3) is 17.0 Å². The number of fused-ring (bicyclic) bond motifs is 1. The summed E-state index contributed by atoms with van der Waals surface area (Å²) in [4.78, 5) is 27.4. The SMILES string of the molecule is Cc1ccc(N2C(=O)C(=Cc3c(C)n(C)c4ccccc34)C(=O)NC2=S)c(C)c1. The van der Waals surface area contributed by atoms with E-state index in [1.807, 2.05) is 70.3 Å². The van der Waals surface area contributed by atoms with Gasteiger partial charge in [0.15, 0.2) is 5.11 Å². The van der Waals surface area contributed by atoms with E-state index in [0.717, 1.165) is 33.3 Å². The minimum Gasteiger partial charge on any atom is -0.347 e. The lowest BCUT2D eigenvalue weighted by atomic mass is 10.0. The largest absolute Gasteiger partial charge is 0.347 e. The van der Waals surface area contributed by atoms with Crippen LogP contribution in [0.15, 0.2) is 48.0 Å². The number of nitrogens with zero attached hydrogens (tertiary/aromatic N) is 2. The van der Waals surface area contributed by atoms with Crippen LogP contribution in [0, 0.1) is 20.8 Å². The number of benzene rings is 2. The lowest BCUT2D eigenvalue weighted by Gasteiger charge is -2.30. The number of thiocarbonyl (C=S) groups is 1. The molecular weight excluding hydrogens is 382 g/mol.